The minimum atomic E-state index is 0.419. The van der Waals surface area contributed by atoms with Crippen molar-refractivity contribution in [2.45, 2.75) is 33.2 Å². The number of hydrogen-bond donors (Lipinski definition) is 1. The summed E-state index contributed by atoms with van der Waals surface area (Å²) in [4.78, 5) is 4.53. The summed E-state index contributed by atoms with van der Waals surface area (Å²) in [5.74, 6) is 1.00. The normalized spacial score (nSPS) is 18.3. The summed E-state index contributed by atoms with van der Waals surface area (Å²) in [6, 6.07) is 7.13. The number of nitrogens with one attached hydrogen (secondary N) is 1. The van der Waals surface area contributed by atoms with Gasteiger partial charge in [0.05, 0.1) is 11.7 Å². The fourth-order valence-corrected chi connectivity index (χ4v) is 2.77. The van der Waals surface area contributed by atoms with Gasteiger partial charge in [-0.25, -0.2) is 4.98 Å². The van der Waals surface area contributed by atoms with Gasteiger partial charge in [-0.05, 0) is 38.3 Å². The number of aromatic nitrogens is 2. The Bertz CT molecular complexity index is 583. The van der Waals surface area contributed by atoms with E-state index in [0.29, 0.717) is 6.04 Å². The SMILES string of the molecule is Cc1ccc(C)c(C2CCNc3nc(C)cn32)c1. The van der Waals surface area contributed by atoms with Gasteiger partial charge in [0.1, 0.15) is 0 Å². The third kappa shape index (κ3) is 1.80. The van der Waals surface area contributed by atoms with Gasteiger partial charge in [0.15, 0.2) is 0 Å². The van der Waals surface area contributed by atoms with E-state index in [-0.39, 0.29) is 0 Å². The van der Waals surface area contributed by atoms with Crippen molar-refractivity contribution >= 4 is 5.95 Å². The van der Waals surface area contributed by atoms with E-state index in [1.807, 2.05) is 6.92 Å². The third-order valence-electron chi connectivity index (χ3n) is 3.68. The standard InChI is InChI=1S/C15H19N3/c1-10-4-5-11(2)13(8-10)14-6-7-16-15-17-12(3)9-18(14)15/h4-5,8-9,14H,6-7H2,1-3H3,(H,16,17). The van der Waals surface area contributed by atoms with Crippen LogP contribution in [0, 0.1) is 20.8 Å². The average molecular weight is 241 g/mol. The Morgan fingerprint density at radius 1 is 1.28 bits per heavy atom. The lowest BCUT2D eigenvalue weighted by atomic mass is 9.96. The lowest BCUT2D eigenvalue weighted by molar-refractivity contribution is 0.527. The van der Waals surface area contributed by atoms with Crippen LogP contribution in [-0.2, 0) is 0 Å². The van der Waals surface area contributed by atoms with Crippen LogP contribution in [0.4, 0.5) is 5.95 Å². The molecule has 0 saturated heterocycles. The first-order valence-electron chi connectivity index (χ1n) is 6.51. The molecule has 1 aromatic heterocycles. The monoisotopic (exact) mass is 241 g/mol. The Morgan fingerprint density at radius 2 is 2.11 bits per heavy atom. The van der Waals surface area contributed by atoms with Crippen molar-refractivity contribution in [1.82, 2.24) is 9.55 Å². The van der Waals surface area contributed by atoms with Crippen molar-refractivity contribution < 1.29 is 0 Å². The van der Waals surface area contributed by atoms with E-state index < -0.39 is 0 Å². The molecular formula is C15H19N3. The number of rotatable bonds is 1. The molecule has 3 heteroatoms. The van der Waals surface area contributed by atoms with Crippen molar-refractivity contribution in [3.63, 3.8) is 0 Å². The third-order valence-corrected chi connectivity index (χ3v) is 3.68. The largest absolute Gasteiger partial charge is 0.356 e. The minimum Gasteiger partial charge on any atom is -0.356 e. The highest BCUT2D eigenvalue weighted by Gasteiger charge is 2.23. The van der Waals surface area contributed by atoms with Crippen LogP contribution >= 0.6 is 0 Å². The van der Waals surface area contributed by atoms with Gasteiger partial charge in [0.25, 0.3) is 0 Å². The van der Waals surface area contributed by atoms with Gasteiger partial charge in [-0.3, -0.25) is 0 Å². The Kier molecular flexibility index (Phi) is 2.62. The van der Waals surface area contributed by atoms with Crippen molar-refractivity contribution in [1.29, 1.82) is 0 Å². The molecule has 0 saturated carbocycles. The average Bonchev–Trinajstić information content (AvgIpc) is 2.72. The molecule has 94 valence electrons. The molecule has 18 heavy (non-hydrogen) atoms. The summed E-state index contributed by atoms with van der Waals surface area (Å²) < 4.78 is 2.28. The fraction of sp³-hybridized carbons (Fsp3) is 0.400. The van der Waals surface area contributed by atoms with E-state index >= 15 is 0 Å². The van der Waals surface area contributed by atoms with Gasteiger partial charge in [0.2, 0.25) is 5.95 Å². The smallest absolute Gasteiger partial charge is 0.203 e. The first-order valence-corrected chi connectivity index (χ1v) is 6.51. The number of hydrogen-bond acceptors (Lipinski definition) is 2. The molecule has 1 aromatic carbocycles. The number of fused-ring (bicyclic) bond motifs is 1. The summed E-state index contributed by atoms with van der Waals surface area (Å²) in [5.41, 5.74) is 5.20. The molecule has 3 nitrogen and oxygen atoms in total. The lowest BCUT2D eigenvalue weighted by Gasteiger charge is -2.27. The highest BCUT2D eigenvalue weighted by molar-refractivity contribution is 5.39. The Morgan fingerprint density at radius 3 is 2.94 bits per heavy atom. The zero-order valence-corrected chi connectivity index (χ0v) is 11.2. The number of benzene rings is 1. The summed E-state index contributed by atoms with van der Waals surface area (Å²) in [7, 11) is 0. The summed E-state index contributed by atoms with van der Waals surface area (Å²) in [6.45, 7) is 7.39. The van der Waals surface area contributed by atoms with Gasteiger partial charge >= 0.3 is 0 Å². The van der Waals surface area contributed by atoms with Gasteiger partial charge in [-0.15, -0.1) is 0 Å². The topological polar surface area (TPSA) is 29.9 Å². The van der Waals surface area contributed by atoms with E-state index in [1.54, 1.807) is 0 Å². The predicted molar refractivity (Wildman–Crippen MR) is 74.1 cm³/mol. The van der Waals surface area contributed by atoms with Gasteiger partial charge in [-0.2, -0.15) is 0 Å². The van der Waals surface area contributed by atoms with Crippen LogP contribution in [-0.4, -0.2) is 16.1 Å². The fourth-order valence-electron chi connectivity index (χ4n) is 2.77. The zero-order chi connectivity index (χ0) is 12.7. The molecule has 1 aliphatic heterocycles. The summed E-state index contributed by atoms with van der Waals surface area (Å²) in [5, 5.41) is 3.37. The maximum absolute atomic E-state index is 4.53. The number of aryl methyl sites for hydroxylation is 3. The number of nitrogens with zero attached hydrogens (tertiary/aromatic N) is 2. The summed E-state index contributed by atoms with van der Waals surface area (Å²) >= 11 is 0. The van der Waals surface area contributed by atoms with Gasteiger partial charge < -0.3 is 9.88 Å². The van der Waals surface area contributed by atoms with Crippen LogP contribution in [0.25, 0.3) is 0 Å². The molecule has 0 bridgehead atoms. The van der Waals surface area contributed by atoms with Crippen molar-refractivity contribution in [3.8, 4) is 0 Å². The van der Waals surface area contributed by atoms with Gasteiger partial charge in [0, 0.05) is 12.7 Å². The van der Waals surface area contributed by atoms with Crippen LogP contribution in [0.1, 0.15) is 34.8 Å². The quantitative estimate of drug-likeness (QED) is 0.830. The number of imidazole rings is 1. The van der Waals surface area contributed by atoms with Crippen molar-refractivity contribution in [2.75, 3.05) is 11.9 Å². The van der Waals surface area contributed by atoms with Crippen LogP contribution in [0.15, 0.2) is 24.4 Å². The molecule has 1 unspecified atom stereocenters. The molecule has 1 aliphatic rings. The van der Waals surface area contributed by atoms with Crippen LogP contribution in [0.5, 0.6) is 0 Å². The minimum absolute atomic E-state index is 0.419. The van der Waals surface area contributed by atoms with Crippen LogP contribution in [0.2, 0.25) is 0 Å². The molecule has 2 aromatic rings. The maximum Gasteiger partial charge on any atom is 0.203 e. The summed E-state index contributed by atoms with van der Waals surface area (Å²) in [6.07, 6.45) is 3.26. The second-order valence-electron chi connectivity index (χ2n) is 5.20. The highest BCUT2D eigenvalue weighted by Crippen LogP contribution is 2.31. The molecule has 1 N–H and O–H groups in total. The Hall–Kier alpha value is -1.77. The van der Waals surface area contributed by atoms with E-state index in [2.05, 4.69) is 53.1 Å². The highest BCUT2D eigenvalue weighted by atomic mass is 15.2. The Labute approximate surface area is 108 Å². The lowest BCUT2D eigenvalue weighted by Crippen LogP contribution is -2.23. The maximum atomic E-state index is 4.53. The molecule has 0 aliphatic carbocycles. The molecule has 2 heterocycles. The van der Waals surface area contributed by atoms with Crippen molar-refractivity contribution in [3.05, 3.63) is 46.8 Å². The molecule has 0 amide bonds. The van der Waals surface area contributed by atoms with Crippen LogP contribution < -0.4 is 5.32 Å². The second-order valence-corrected chi connectivity index (χ2v) is 5.20. The van der Waals surface area contributed by atoms with Crippen LogP contribution in [0.3, 0.4) is 0 Å². The molecular weight excluding hydrogens is 222 g/mol. The van der Waals surface area contributed by atoms with Crippen molar-refractivity contribution in [2.24, 2.45) is 0 Å². The molecule has 0 spiro atoms. The van der Waals surface area contributed by atoms with E-state index in [0.717, 1.165) is 24.6 Å². The van der Waals surface area contributed by atoms with Gasteiger partial charge in [-0.1, -0.05) is 23.8 Å². The van der Waals surface area contributed by atoms with E-state index in [1.165, 1.54) is 16.7 Å². The zero-order valence-electron chi connectivity index (χ0n) is 11.2. The molecule has 3 rings (SSSR count). The first-order chi connectivity index (χ1) is 8.65. The van der Waals surface area contributed by atoms with E-state index in [4.69, 9.17) is 0 Å². The second kappa shape index (κ2) is 4.16. The first kappa shape index (κ1) is 11.3. The molecule has 1 atom stereocenters. The van der Waals surface area contributed by atoms with E-state index in [9.17, 15) is 0 Å². The Balaban J connectivity index is 2.10. The molecule has 0 fully saturated rings. The molecule has 0 radical (unpaired) electrons. The predicted octanol–water partition coefficient (Wildman–Crippen LogP) is 3.21. The number of anilines is 1.